The summed E-state index contributed by atoms with van der Waals surface area (Å²) in [5, 5.41) is 2.27. The van der Waals surface area contributed by atoms with E-state index in [4.69, 9.17) is 0 Å². The van der Waals surface area contributed by atoms with Gasteiger partial charge in [0.1, 0.15) is 6.04 Å². The fourth-order valence-electron chi connectivity index (χ4n) is 2.03. The number of ketones is 1. The molecule has 18 heavy (non-hydrogen) atoms. The third-order valence-electron chi connectivity index (χ3n) is 3.02. The van der Waals surface area contributed by atoms with E-state index in [9.17, 15) is 14.4 Å². The maximum absolute atomic E-state index is 11.6. The minimum absolute atomic E-state index is 0.0806. The van der Waals surface area contributed by atoms with Crippen molar-refractivity contribution in [2.24, 2.45) is 0 Å². The summed E-state index contributed by atoms with van der Waals surface area (Å²) in [4.78, 5) is 36.3. The lowest BCUT2D eigenvalue weighted by molar-refractivity contribution is -0.132. The smallest absolute Gasteiger partial charge is 0.249 e. The van der Waals surface area contributed by atoms with Crippen LogP contribution in [0, 0.1) is 0 Å². The second-order valence-electron chi connectivity index (χ2n) is 4.29. The summed E-state index contributed by atoms with van der Waals surface area (Å²) in [6.07, 6.45) is 0. The molecule has 1 aliphatic heterocycles. The Morgan fingerprint density at radius 3 is 2.67 bits per heavy atom. The van der Waals surface area contributed by atoms with Crippen molar-refractivity contribution >= 4 is 23.3 Å². The predicted molar refractivity (Wildman–Crippen MR) is 66.4 cm³/mol. The van der Waals surface area contributed by atoms with Gasteiger partial charge >= 0.3 is 0 Å². The number of rotatable bonds is 2. The van der Waals surface area contributed by atoms with Crippen molar-refractivity contribution in [3.8, 4) is 0 Å². The van der Waals surface area contributed by atoms with Crippen LogP contribution in [0.25, 0.3) is 0 Å². The Labute approximate surface area is 105 Å². The van der Waals surface area contributed by atoms with Crippen LogP contribution in [-0.2, 0) is 9.59 Å². The Bertz CT molecular complexity index is 525. The Morgan fingerprint density at radius 1 is 1.33 bits per heavy atom. The van der Waals surface area contributed by atoms with Gasteiger partial charge in [-0.3, -0.25) is 19.7 Å². The van der Waals surface area contributed by atoms with Gasteiger partial charge in [0.05, 0.1) is 6.54 Å². The van der Waals surface area contributed by atoms with E-state index in [0.717, 1.165) is 0 Å². The highest BCUT2D eigenvalue weighted by Gasteiger charge is 2.31. The highest BCUT2D eigenvalue weighted by molar-refractivity contribution is 6.07. The number of hydrogen-bond acceptors (Lipinski definition) is 4. The molecular formula is C13H14N2O3. The zero-order chi connectivity index (χ0) is 13.3. The molecule has 1 N–H and O–H groups in total. The summed E-state index contributed by atoms with van der Waals surface area (Å²) in [5.74, 6) is -0.780. The van der Waals surface area contributed by atoms with Gasteiger partial charge in [0.15, 0.2) is 5.78 Å². The third-order valence-corrected chi connectivity index (χ3v) is 3.02. The van der Waals surface area contributed by atoms with Crippen molar-refractivity contribution in [2.45, 2.75) is 19.9 Å². The molecule has 2 rings (SSSR count). The zero-order valence-electron chi connectivity index (χ0n) is 10.3. The van der Waals surface area contributed by atoms with Gasteiger partial charge in [-0.05, 0) is 26.0 Å². The van der Waals surface area contributed by atoms with Crippen molar-refractivity contribution in [2.75, 3.05) is 11.4 Å². The molecule has 0 saturated carbocycles. The molecular weight excluding hydrogens is 232 g/mol. The predicted octanol–water partition coefficient (Wildman–Crippen LogP) is 0.740. The number of benzene rings is 1. The van der Waals surface area contributed by atoms with Gasteiger partial charge in [0.2, 0.25) is 11.8 Å². The molecule has 1 heterocycles. The van der Waals surface area contributed by atoms with E-state index in [1.54, 1.807) is 36.1 Å². The van der Waals surface area contributed by atoms with Gasteiger partial charge in [-0.1, -0.05) is 12.1 Å². The van der Waals surface area contributed by atoms with Gasteiger partial charge in [0.25, 0.3) is 0 Å². The molecule has 1 aromatic carbocycles. The van der Waals surface area contributed by atoms with Crippen LogP contribution in [-0.4, -0.2) is 30.2 Å². The van der Waals surface area contributed by atoms with E-state index in [-0.39, 0.29) is 24.1 Å². The van der Waals surface area contributed by atoms with Crippen LogP contribution in [0.3, 0.4) is 0 Å². The summed E-state index contributed by atoms with van der Waals surface area (Å²) >= 11 is 0. The average molecular weight is 246 g/mol. The number of piperazine rings is 1. The largest absolute Gasteiger partial charge is 0.350 e. The maximum atomic E-state index is 11.6. The van der Waals surface area contributed by atoms with E-state index in [2.05, 4.69) is 5.32 Å². The van der Waals surface area contributed by atoms with E-state index < -0.39 is 6.04 Å². The number of nitrogens with one attached hydrogen (secondary N) is 1. The summed E-state index contributed by atoms with van der Waals surface area (Å²) in [6.45, 7) is 3.26. The zero-order valence-corrected chi connectivity index (χ0v) is 10.3. The fourth-order valence-corrected chi connectivity index (χ4v) is 2.03. The first-order valence-electron chi connectivity index (χ1n) is 5.71. The Kier molecular flexibility index (Phi) is 3.14. The lowest BCUT2D eigenvalue weighted by atomic mass is 10.1. The molecule has 1 aliphatic rings. The normalized spacial score (nSPS) is 19.7. The van der Waals surface area contributed by atoms with Crippen LogP contribution in [0.5, 0.6) is 0 Å². The Hall–Kier alpha value is -2.17. The van der Waals surface area contributed by atoms with E-state index in [1.165, 1.54) is 6.92 Å². The minimum Gasteiger partial charge on any atom is -0.350 e. The number of hydrogen-bond donors (Lipinski definition) is 1. The molecule has 0 spiro atoms. The Balaban J connectivity index is 2.44. The first-order valence-corrected chi connectivity index (χ1v) is 5.71. The van der Waals surface area contributed by atoms with Crippen molar-refractivity contribution in [1.82, 2.24) is 5.32 Å². The molecule has 1 saturated heterocycles. The van der Waals surface area contributed by atoms with Gasteiger partial charge in [-0.25, -0.2) is 0 Å². The van der Waals surface area contributed by atoms with Crippen molar-refractivity contribution in [3.63, 3.8) is 0 Å². The maximum Gasteiger partial charge on any atom is 0.249 e. The molecule has 1 atom stereocenters. The lowest BCUT2D eigenvalue weighted by Crippen LogP contribution is -2.57. The molecule has 5 heteroatoms. The monoisotopic (exact) mass is 246 g/mol. The molecule has 0 radical (unpaired) electrons. The van der Waals surface area contributed by atoms with Crippen LogP contribution in [0.15, 0.2) is 24.3 Å². The first kappa shape index (κ1) is 12.3. The highest BCUT2D eigenvalue weighted by atomic mass is 16.2. The van der Waals surface area contributed by atoms with Gasteiger partial charge in [-0.15, -0.1) is 0 Å². The molecule has 0 bridgehead atoms. The SMILES string of the molecule is CC(=O)c1ccccc1N1CC(=O)NC(=O)C1C. The number of carbonyl (C=O) groups excluding carboxylic acids is 3. The molecule has 5 nitrogen and oxygen atoms in total. The molecule has 1 aromatic rings. The minimum atomic E-state index is -0.469. The average Bonchev–Trinajstić information content (AvgIpc) is 2.33. The van der Waals surface area contributed by atoms with Crippen molar-refractivity contribution in [1.29, 1.82) is 0 Å². The second kappa shape index (κ2) is 4.60. The molecule has 1 fully saturated rings. The number of nitrogens with zero attached hydrogens (tertiary/aromatic N) is 1. The fraction of sp³-hybridized carbons (Fsp3) is 0.308. The number of imide groups is 1. The number of amides is 2. The van der Waals surface area contributed by atoms with Crippen LogP contribution >= 0.6 is 0 Å². The third kappa shape index (κ3) is 2.11. The number of para-hydroxylation sites is 1. The van der Waals surface area contributed by atoms with Crippen LogP contribution in [0.1, 0.15) is 24.2 Å². The molecule has 0 aromatic heterocycles. The summed E-state index contributed by atoms with van der Waals surface area (Å²) in [5.41, 5.74) is 1.15. The van der Waals surface area contributed by atoms with Crippen LogP contribution < -0.4 is 10.2 Å². The summed E-state index contributed by atoms with van der Waals surface area (Å²) in [6, 6.07) is 6.52. The van der Waals surface area contributed by atoms with Gasteiger partial charge < -0.3 is 4.90 Å². The molecule has 1 unspecified atom stereocenters. The lowest BCUT2D eigenvalue weighted by Gasteiger charge is -2.34. The van der Waals surface area contributed by atoms with Gasteiger partial charge in [-0.2, -0.15) is 0 Å². The van der Waals surface area contributed by atoms with E-state index in [0.29, 0.717) is 11.3 Å². The first-order chi connectivity index (χ1) is 8.50. The van der Waals surface area contributed by atoms with Crippen molar-refractivity contribution < 1.29 is 14.4 Å². The summed E-state index contributed by atoms with van der Waals surface area (Å²) < 4.78 is 0. The van der Waals surface area contributed by atoms with Crippen LogP contribution in [0.2, 0.25) is 0 Å². The second-order valence-corrected chi connectivity index (χ2v) is 4.29. The van der Waals surface area contributed by atoms with E-state index in [1.807, 2.05) is 0 Å². The quantitative estimate of drug-likeness (QED) is 0.617. The standard InChI is InChI=1S/C13H14N2O3/c1-8-13(18)14-12(17)7-15(8)11-6-4-3-5-10(11)9(2)16/h3-6,8H,7H2,1-2H3,(H,14,17,18). The number of anilines is 1. The highest BCUT2D eigenvalue weighted by Crippen LogP contribution is 2.24. The molecule has 2 amide bonds. The van der Waals surface area contributed by atoms with Gasteiger partial charge in [0, 0.05) is 11.3 Å². The Morgan fingerprint density at radius 2 is 2.00 bits per heavy atom. The van der Waals surface area contributed by atoms with E-state index >= 15 is 0 Å². The summed E-state index contributed by atoms with van der Waals surface area (Å²) in [7, 11) is 0. The topological polar surface area (TPSA) is 66.5 Å². The number of carbonyl (C=O) groups is 3. The molecule has 0 aliphatic carbocycles. The number of Topliss-reactive ketones (excluding diaryl/α,β-unsaturated/α-hetero) is 1. The van der Waals surface area contributed by atoms with Crippen LogP contribution in [0.4, 0.5) is 5.69 Å². The molecule has 94 valence electrons. The van der Waals surface area contributed by atoms with Crippen molar-refractivity contribution in [3.05, 3.63) is 29.8 Å².